The van der Waals surface area contributed by atoms with Gasteiger partial charge in [0, 0.05) is 38.1 Å². The van der Waals surface area contributed by atoms with Crippen LogP contribution in [0.3, 0.4) is 0 Å². The summed E-state index contributed by atoms with van der Waals surface area (Å²) in [4.78, 5) is 2.24. The molecule has 1 heterocycles. The van der Waals surface area contributed by atoms with Crippen molar-refractivity contribution in [3.05, 3.63) is 46.8 Å². The molecule has 1 unspecified atom stereocenters. The molecule has 0 fully saturated rings. The van der Waals surface area contributed by atoms with E-state index >= 15 is 0 Å². The molecule has 0 amide bonds. The quantitative estimate of drug-likeness (QED) is 0.930. The van der Waals surface area contributed by atoms with Gasteiger partial charge < -0.3 is 10.6 Å². The molecule has 4 heteroatoms. The van der Waals surface area contributed by atoms with Crippen LogP contribution in [-0.4, -0.2) is 23.4 Å². The number of likely N-dealkylation sites (N-methyl/N-ethyl adjacent to an activating group) is 1. The molecule has 0 spiro atoms. The zero-order chi connectivity index (χ0) is 14.9. The van der Waals surface area contributed by atoms with Gasteiger partial charge >= 0.3 is 0 Å². The van der Waals surface area contributed by atoms with E-state index in [1.54, 1.807) is 0 Å². The van der Waals surface area contributed by atoms with Crippen LogP contribution in [0.15, 0.2) is 24.4 Å². The Hall–Kier alpha value is -1.81. The van der Waals surface area contributed by atoms with Crippen LogP contribution < -0.4 is 10.6 Å². The lowest BCUT2D eigenvalue weighted by Gasteiger charge is -2.29. The van der Waals surface area contributed by atoms with Crippen LogP contribution >= 0.6 is 0 Å². The van der Waals surface area contributed by atoms with Crippen molar-refractivity contribution in [1.29, 1.82) is 0 Å². The molecule has 0 bridgehead atoms. The van der Waals surface area contributed by atoms with Crippen molar-refractivity contribution in [2.45, 2.75) is 26.8 Å². The first-order chi connectivity index (χ1) is 9.42. The number of nitrogens with two attached hydrogens (primary N) is 1. The Bertz CT molecular complexity index is 580. The Kier molecular flexibility index (Phi) is 4.14. The second-order valence-electron chi connectivity index (χ2n) is 5.55. The number of rotatable bonds is 4. The van der Waals surface area contributed by atoms with Crippen molar-refractivity contribution >= 4 is 5.69 Å². The molecule has 0 aliphatic heterocycles. The SMILES string of the molecule is Cc1cc(C)cc(N(C)C(CN)c2cn(C)nc2C)c1. The van der Waals surface area contributed by atoms with Gasteiger partial charge in [0.2, 0.25) is 0 Å². The van der Waals surface area contributed by atoms with E-state index in [2.05, 4.69) is 55.3 Å². The maximum Gasteiger partial charge on any atom is 0.0694 e. The summed E-state index contributed by atoms with van der Waals surface area (Å²) >= 11 is 0. The lowest BCUT2D eigenvalue weighted by molar-refractivity contribution is 0.675. The zero-order valence-electron chi connectivity index (χ0n) is 13.0. The highest BCUT2D eigenvalue weighted by Crippen LogP contribution is 2.28. The van der Waals surface area contributed by atoms with Crippen LogP contribution in [0.4, 0.5) is 5.69 Å². The van der Waals surface area contributed by atoms with E-state index in [1.165, 1.54) is 22.4 Å². The number of hydrogen-bond acceptors (Lipinski definition) is 3. The fourth-order valence-electron chi connectivity index (χ4n) is 2.77. The molecule has 1 aromatic heterocycles. The van der Waals surface area contributed by atoms with E-state index in [0.29, 0.717) is 6.54 Å². The monoisotopic (exact) mass is 272 g/mol. The van der Waals surface area contributed by atoms with Gasteiger partial charge in [0.25, 0.3) is 0 Å². The number of hydrogen-bond donors (Lipinski definition) is 1. The fourth-order valence-corrected chi connectivity index (χ4v) is 2.77. The Labute approximate surface area is 121 Å². The van der Waals surface area contributed by atoms with Gasteiger partial charge in [-0.1, -0.05) is 6.07 Å². The largest absolute Gasteiger partial charge is 0.366 e. The van der Waals surface area contributed by atoms with E-state index in [0.717, 1.165) is 5.69 Å². The van der Waals surface area contributed by atoms with Crippen LogP contribution in [0.1, 0.15) is 28.4 Å². The van der Waals surface area contributed by atoms with Crippen molar-refractivity contribution in [2.24, 2.45) is 12.8 Å². The van der Waals surface area contributed by atoms with Crippen molar-refractivity contribution in [3.63, 3.8) is 0 Å². The topological polar surface area (TPSA) is 47.1 Å². The molecule has 0 aliphatic carbocycles. The summed E-state index contributed by atoms with van der Waals surface area (Å²) in [6.45, 7) is 6.84. The van der Waals surface area contributed by atoms with E-state index in [4.69, 9.17) is 5.73 Å². The average molecular weight is 272 g/mol. The first-order valence-electron chi connectivity index (χ1n) is 6.93. The standard InChI is InChI=1S/C16H24N4/c1-11-6-12(2)8-14(7-11)20(5)16(9-17)15-10-19(4)18-13(15)3/h6-8,10,16H,9,17H2,1-5H3. The minimum atomic E-state index is 0.143. The summed E-state index contributed by atoms with van der Waals surface area (Å²) in [5, 5.41) is 4.43. The van der Waals surface area contributed by atoms with Crippen LogP contribution in [0.25, 0.3) is 0 Å². The van der Waals surface area contributed by atoms with E-state index in [1.807, 2.05) is 18.7 Å². The third-order valence-corrected chi connectivity index (χ3v) is 3.71. The summed E-state index contributed by atoms with van der Waals surface area (Å²) in [6, 6.07) is 6.72. The molecule has 0 radical (unpaired) electrons. The molecule has 2 aromatic rings. The molecule has 1 atom stereocenters. The second-order valence-corrected chi connectivity index (χ2v) is 5.55. The van der Waals surface area contributed by atoms with Gasteiger partial charge in [0.05, 0.1) is 11.7 Å². The summed E-state index contributed by atoms with van der Waals surface area (Å²) in [5.41, 5.74) is 12.0. The van der Waals surface area contributed by atoms with E-state index < -0.39 is 0 Å². The predicted octanol–water partition coefficient (Wildman–Crippen LogP) is 2.48. The van der Waals surface area contributed by atoms with E-state index in [9.17, 15) is 0 Å². The van der Waals surface area contributed by atoms with Gasteiger partial charge in [-0.2, -0.15) is 5.10 Å². The molecule has 4 nitrogen and oxygen atoms in total. The minimum Gasteiger partial charge on any atom is -0.366 e. The van der Waals surface area contributed by atoms with Crippen LogP contribution in [0, 0.1) is 20.8 Å². The highest BCUT2D eigenvalue weighted by molar-refractivity contribution is 5.52. The molecule has 0 saturated carbocycles. The summed E-state index contributed by atoms with van der Waals surface area (Å²) < 4.78 is 1.85. The Balaban J connectivity index is 2.38. The zero-order valence-corrected chi connectivity index (χ0v) is 13.0. The average Bonchev–Trinajstić information content (AvgIpc) is 2.68. The summed E-state index contributed by atoms with van der Waals surface area (Å²) in [7, 11) is 4.04. The lowest BCUT2D eigenvalue weighted by Crippen LogP contribution is -2.30. The molecule has 0 saturated heterocycles. The summed E-state index contributed by atoms with van der Waals surface area (Å²) in [6.07, 6.45) is 2.06. The van der Waals surface area contributed by atoms with Gasteiger partial charge in [-0.15, -0.1) is 0 Å². The van der Waals surface area contributed by atoms with Crippen LogP contribution in [0.5, 0.6) is 0 Å². The smallest absolute Gasteiger partial charge is 0.0694 e. The molecule has 1 aromatic carbocycles. The highest BCUT2D eigenvalue weighted by Gasteiger charge is 2.20. The Morgan fingerprint density at radius 1 is 1.20 bits per heavy atom. The third-order valence-electron chi connectivity index (χ3n) is 3.71. The van der Waals surface area contributed by atoms with Crippen molar-refractivity contribution < 1.29 is 0 Å². The number of aryl methyl sites for hydroxylation is 4. The molecular formula is C16H24N4. The highest BCUT2D eigenvalue weighted by atomic mass is 15.3. The second kappa shape index (κ2) is 5.67. The molecule has 2 N–H and O–H groups in total. The third kappa shape index (κ3) is 2.85. The van der Waals surface area contributed by atoms with Gasteiger partial charge in [-0.05, 0) is 44.0 Å². The molecular weight excluding hydrogens is 248 g/mol. The number of anilines is 1. The number of aromatic nitrogens is 2. The van der Waals surface area contributed by atoms with Crippen molar-refractivity contribution in [3.8, 4) is 0 Å². The molecule has 0 aliphatic rings. The van der Waals surface area contributed by atoms with Gasteiger partial charge in [-0.25, -0.2) is 0 Å². The van der Waals surface area contributed by atoms with Gasteiger partial charge in [0.15, 0.2) is 0 Å². The van der Waals surface area contributed by atoms with Crippen LogP contribution in [0.2, 0.25) is 0 Å². The Morgan fingerprint density at radius 3 is 2.25 bits per heavy atom. The van der Waals surface area contributed by atoms with Gasteiger partial charge in [-0.3, -0.25) is 4.68 Å². The van der Waals surface area contributed by atoms with Crippen molar-refractivity contribution in [1.82, 2.24) is 9.78 Å². The first-order valence-corrected chi connectivity index (χ1v) is 6.93. The van der Waals surface area contributed by atoms with Crippen LogP contribution in [-0.2, 0) is 7.05 Å². The maximum atomic E-state index is 6.02. The molecule has 2 rings (SSSR count). The fraction of sp³-hybridized carbons (Fsp3) is 0.438. The summed E-state index contributed by atoms with van der Waals surface area (Å²) in [5.74, 6) is 0. The number of nitrogens with zero attached hydrogens (tertiary/aromatic N) is 3. The molecule has 108 valence electrons. The number of benzene rings is 1. The van der Waals surface area contributed by atoms with E-state index in [-0.39, 0.29) is 6.04 Å². The normalized spacial score (nSPS) is 12.5. The first kappa shape index (κ1) is 14.6. The predicted molar refractivity (Wildman–Crippen MR) is 84.1 cm³/mol. The maximum absolute atomic E-state index is 6.02. The lowest BCUT2D eigenvalue weighted by atomic mass is 10.0. The van der Waals surface area contributed by atoms with Gasteiger partial charge in [0.1, 0.15) is 0 Å². The van der Waals surface area contributed by atoms with Crippen molar-refractivity contribution in [2.75, 3.05) is 18.5 Å². The minimum absolute atomic E-state index is 0.143. The Morgan fingerprint density at radius 2 is 1.80 bits per heavy atom. The molecule has 20 heavy (non-hydrogen) atoms.